The predicted octanol–water partition coefficient (Wildman–Crippen LogP) is 3.17. The highest BCUT2D eigenvalue weighted by atomic mass is 16.6. The molecule has 0 radical (unpaired) electrons. The van der Waals surface area contributed by atoms with Gasteiger partial charge in [0.05, 0.1) is 0 Å². The van der Waals surface area contributed by atoms with Crippen LogP contribution in [0.1, 0.15) is 29.5 Å². The third-order valence-electron chi connectivity index (χ3n) is 3.54. The highest BCUT2D eigenvalue weighted by molar-refractivity contribution is 5.66. The van der Waals surface area contributed by atoms with E-state index in [1.165, 1.54) is 0 Å². The normalized spacial score (nSPS) is 14.7. The molecule has 1 aliphatic carbocycles. The summed E-state index contributed by atoms with van der Waals surface area (Å²) in [5, 5.41) is 0. The maximum absolute atomic E-state index is 10.9. The van der Waals surface area contributed by atoms with Gasteiger partial charge in [-0.15, -0.1) is 0 Å². The Bertz CT molecular complexity index is 704. The molecule has 0 unspecified atom stereocenters. The van der Waals surface area contributed by atoms with Crippen LogP contribution in [0, 0.1) is 11.8 Å². The van der Waals surface area contributed by atoms with E-state index >= 15 is 0 Å². The minimum Gasteiger partial charge on any atom is -0.438 e. The highest BCUT2D eigenvalue weighted by Crippen LogP contribution is 2.49. The minimum absolute atomic E-state index is 0.503. The largest absolute Gasteiger partial charge is 0.438 e. The molecule has 0 saturated heterocycles. The number of amides is 1. The smallest absolute Gasteiger partial charge is 0.405 e. The Morgan fingerprint density at radius 1 is 0.952 bits per heavy atom. The van der Waals surface area contributed by atoms with E-state index in [9.17, 15) is 4.79 Å². The maximum atomic E-state index is 10.9. The van der Waals surface area contributed by atoms with E-state index in [0.29, 0.717) is 0 Å². The Balaban J connectivity index is 1.76. The average molecular weight is 277 g/mol. The van der Waals surface area contributed by atoms with E-state index in [1.807, 2.05) is 54.6 Å². The summed E-state index contributed by atoms with van der Waals surface area (Å²) in [4.78, 5) is 10.9. The number of ether oxygens (including phenoxy) is 1. The number of hydrogen-bond acceptors (Lipinski definition) is 2. The van der Waals surface area contributed by atoms with E-state index in [4.69, 9.17) is 10.5 Å². The standard InChI is InChI=1S/C18H15NO2/c19-17(20)21-18(12-13-18)16-10-8-15(9-11-16)7-6-14-4-2-1-3-5-14/h1-5,8-11H,12-13H2,(H2,19,20). The van der Waals surface area contributed by atoms with Crippen LogP contribution in [-0.4, -0.2) is 6.09 Å². The zero-order chi connectivity index (χ0) is 14.7. The lowest BCUT2D eigenvalue weighted by Gasteiger charge is -2.15. The molecule has 1 fully saturated rings. The second kappa shape index (κ2) is 5.34. The first-order chi connectivity index (χ1) is 10.2. The van der Waals surface area contributed by atoms with Crippen molar-refractivity contribution in [1.29, 1.82) is 0 Å². The zero-order valence-corrected chi connectivity index (χ0v) is 11.5. The molecule has 104 valence electrons. The van der Waals surface area contributed by atoms with Gasteiger partial charge in [-0.2, -0.15) is 0 Å². The number of carbonyl (C=O) groups is 1. The molecule has 1 aliphatic rings. The summed E-state index contributed by atoms with van der Waals surface area (Å²) in [6, 6.07) is 17.6. The van der Waals surface area contributed by atoms with E-state index in [0.717, 1.165) is 29.5 Å². The third-order valence-corrected chi connectivity index (χ3v) is 3.54. The van der Waals surface area contributed by atoms with Crippen LogP contribution in [0.4, 0.5) is 4.79 Å². The molecule has 3 rings (SSSR count). The van der Waals surface area contributed by atoms with Crippen LogP contribution in [0.25, 0.3) is 0 Å². The number of nitrogens with two attached hydrogens (primary N) is 1. The summed E-state index contributed by atoms with van der Waals surface area (Å²) in [6.07, 6.45) is 0.927. The van der Waals surface area contributed by atoms with Gasteiger partial charge in [0.2, 0.25) is 0 Å². The molecule has 2 N–H and O–H groups in total. The van der Waals surface area contributed by atoms with Gasteiger partial charge in [0.1, 0.15) is 5.60 Å². The molecule has 1 saturated carbocycles. The summed E-state index contributed by atoms with van der Waals surface area (Å²) in [5.41, 5.74) is 7.50. The molecule has 3 nitrogen and oxygen atoms in total. The quantitative estimate of drug-likeness (QED) is 0.857. The van der Waals surface area contributed by atoms with Crippen molar-refractivity contribution in [3.63, 3.8) is 0 Å². The van der Waals surface area contributed by atoms with E-state index in [1.54, 1.807) is 0 Å². The molecule has 0 aromatic heterocycles. The van der Waals surface area contributed by atoms with Crippen molar-refractivity contribution in [2.45, 2.75) is 18.4 Å². The molecule has 1 amide bonds. The van der Waals surface area contributed by atoms with Gasteiger partial charge < -0.3 is 10.5 Å². The molecule has 21 heavy (non-hydrogen) atoms. The second-order valence-electron chi connectivity index (χ2n) is 5.11. The Morgan fingerprint density at radius 3 is 2.05 bits per heavy atom. The van der Waals surface area contributed by atoms with Crippen molar-refractivity contribution in [3.05, 3.63) is 71.3 Å². The molecule has 0 spiro atoms. The van der Waals surface area contributed by atoms with Crippen LogP contribution in [0.2, 0.25) is 0 Å². The van der Waals surface area contributed by atoms with Crippen LogP contribution < -0.4 is 5.73 Å². The number of primary amides is 1. The number of benzene rings is 2. The first-order valence-electron chi connectivity index (χ1n) is 6.84. The number of rotatable bonds is 2. The molecule has 2 aromatic rings. The lowest BCUT2D eigenvalue weighted by Crippen LogP contribution is -2.22. The Kier molecular flexibility index (Phi) is 3.37. The Morgan fingerprint density at radius 2 is 1.52 bits per heavy atom. The van der Waals surface area contributed by atoms with Gasteiger partial charge in [-0.05, 0) is 42.7 Å². The van der Waals surface area contributed by atoms with Gasteiger partial charge in [0, 0.05) is 11.1 Å². The van der Waals surface area contributed by atoms with Crippen LogP contribution in [0.3, 0.4) is 0 Å². The molecule has 0 aliphatic heterocycles. The monoisotopic (exact) mass is 277 g/mol. The molecular weight excluding hydrogens is 262 g/mol. The van der Waals surface area contributed by atoms with Crippen LogP contribution in [-0.2, 0) is 10.3 Å². The summed E-state index contributed by atoms with van der Waals surface area (Å²) in [6.45, 7) is 0. The van der Waals surface area contributed by atoms with Crippen molar-refractivity contribution in [2.75, 3.05) is 0 Å². The van der Waals surface area contributed by atoms with Crippen molar-refractivity contribution in [3.8, 4) is 11.8 Å². The highest BCUT2D eigenvalue weighted by Gasteiger charge is 2.48. The summed E-state index contributed by atoms with van der Waals surface area (Å²) in [5.74, 6) is 6.23. The van der Waals surface area contributed by atoms with E-state index in [2.05, 4.69) is 11.8 Å². The minimum atomic E-state index is -0.722. The Labute approximate surface area is 123 Å². The second-order valence-corrected chi connectivity index (χ2v) is 5.11. The maximum Gasteiger partial charge on any atom is 0.405 e. The molecule has 2 aromatic carbocycles. The summed E-state index contributed by atoms with van der Waals surface area (Å²) >= 11 is 0. The van der Waals surface area contributed by atoms with Gasteiger partial charge in [-0.25, -0.2) is 4.79 Å². The third kappa shape index (κ3) is 3.06. The van der Waals surface area contributed by atoms with Gasteiger partial charge >= 0.3 is 6.09 Å². The number of hydrogen-bond donors (Lipinski definition) is 1. The van der Waals surface area contributed by atoms with E-state index < -0.39 is 11.7 Å². The predicted molar refractivity (Wildman–Crippen MR) is 80.4 cm³/mol. The molecule has 3 heteroatoms. The molecule has 0 heterocycles. The summed E-state index contributed by atoms with van der Waals surface area (Å²) < 4.78 is 5.21. The van der Waals surface area contributed by atoms with Crippen LogP contribution in [0.15, 0.2) is 54.6 Å². The van der Waals surface area contributed by atoms with Crippen molar-refractivity contribution >= 4 is 6.09 Å². The molecular formula is C18H15NO2. The number of carbonyl (C=O) groups excluding carboxylic acids is 1. The molecule has 0 atom stereocenters. The lowest BCUT2D eigenvalue weighted by molar-refractivity contribution is 0.0900. The van der Waals surface area contributed by atoms with Crippen molar-refractivity contribution < 1.29 is 9.53 Å². The fraction of sp³-hybridized carbons (Fsp3) is 0.167. The van der Waals surface area contributed by atoms with Gasteiger partial charge in [-0.1, -0.05) is 42.2 Å². The SMILES string of the molecule is NC(=O)OC1(c2ccc(C#Cc3ccccc3)cc2)CC1. The fourth-order valence-corrected chi connectivity index (χ4v) is 2.28. The van der Waals surface area contributed by atoms with Gasteiger partial charge in [0.15, 0.2) is 0 Å². The average Bonchev–Trinajstić information content (AvgIpc) is 3.27. The van der Waals surface area contributed by atoms with Crippen molar-refractivity contribution in [2.24, 2.45) is 5.73 Å². The van der Waals surface area contributed by atoms with Crippen LogP contribution >= 0.6 is 0 Å². The molecule has 0 bridgehead atoms. The lowest BCUT2D eigenvalue weighted by atomic mass is 10.1. The first kappa shape index (κ1) is 13.3. The summed E-state index contributed by atoms with van der Waals surface area (Å²) in [7, 11) is 0. The first-order valence-corrected chi connectivity index (χ1v) is 6.84. The van der Waals surface area contributed by atoms with Gasteiger partial charge in [0.25, 0.3) is 0 Å². The zero-order valence-electron chi connectivity index (χ0n) is 11.5. The van der Waals surface area contributed by atoms with Gasteiger partial charge in [-0.3, -0.25) is 0 Å². The van der Waals surface area contributed by atoms with Crippen molar-refractivity contribution in [1.82, 2.24) is 0 Å². The van der Waals surface area contributed by atoms with Crippen LogP contribution in [0.5, 0.6) is 0 Å². The fourth-order valence-electron chi connectivity index (χ4n) is 2.28. The van der Waals surface area contributed by atoms with E-state index in [-0.39, 0.29) is 0 Å². The topological polar surface area (TPSA) is 52.3 Å². The Hall–Kier alpha value is -2.73.